The Labute approximate surface area is 232 Å². The van der Waals surface area contributed by atoms with Crippen LogP contribution in [0.2, 0.25) is 0 Å². The molecule has 2 aromatic rings. The lowest BCUT2D eigenvalue weighted by Crippen LogP contribution is -2.42. The number of ether oxygens (including phenoxy) is 1. The Hall–Kier alpha value is -3.71. The lowest BCUT2D eigenvalue weighted by atomic mass is 9.93. The van der Waals surface area contributed by atoms with Crippen LogP contribution in [0.3, 0.4) is 0 Å². The molecule has 5 rings (SSSR count). The molecule has 0 bridgehead atoms. The first-order valence-electron chi connectivity index (χ1n) is 14.2. The van der Waals surface area contributed by atoms with Crippen LogP contribution >= 0.6 is 0 Å². The average Bonchev–Trinajstić information content (AvgIpc) is 2.94. The number of aliphatic hydroxyl groups is 1. The van der Waals surface area contributed by atoms with Crippen molar-refractivity contribution in [3.8, 4) is 5.75 Å². The summed E-state index contributed by atoms with van der Waals surface area (Å²) in [6.07, 6.45) is 10.0. The van der Waals surface area contributed by atoms with E-state index in [1.807, 2.05) is 19.9 Å². The van der Waals surface area contributed by atoms with Gasteiger partial charge in [0.05, 0.1) is 22.7 Å². The fraction of sp³-hybridized carbons (Fsp3) is 0.406. The number of allylic oxidation sites excluding steroid dienone is 3. The molecule has 1 fully saturated rings. The zero-order chi connectivity index (χ0) is 27.4. The molecule has 3 aliphatic rings. The van der Waals surface area contributed by atoms with Crippen molar-refractivity contribution in [2.75, 3.05) is 41.8 Å². The number of hydrogen-bond donors (Lipinski definition) is 3. The van der Waals surface area contributed by atoms with Crippen LogP contribution in [0.25, 0.3) is 5.70 Å². The summed E-state index contributed by atoms with van der Waals surface area (Å²) in [6.45, 7) is 11.5. The lowest BCUT2D eigenvalue weighted by Gasteiger charge is -2.37. The molecule has 0 aromatic heterocycles. The molecule has 0 saturated carbocycles. The molecule has 0 amide bonds. The van der Waals surface area contributed by atoms with E-state index in [1.54, 1.807) is 0 Å². The average molecular weight is 528 g/mol. The van der Waals surface area contributed by atoms with Gasteiger partial charge in [-0.2, -0.15) is 0 Å². The van der Waals surface area contributed by atoms with Crippen LogP contribution in [-0.2, 0) is 0 Å². The minimum Gasteiger partial charge on any atom is -0.490 e. The Balaban J connectivity index is 1.46. The number of piperidine rings is 1. The van der Waals surface area contributed by atoms with Gasteiger partial charge in [0.1, 0.15) is 12.4 Å². The van der Waals surface area contributed by atoms with Gasteiger partial charge in [-0.25, -0.2) is 4.99 Å². The molecular formula is C32H41N5O2. The normalized spacial score (nSPS) is 20.0. The summed E-state index contributed by atoms with van der Waals surface area (Å²) in [5.41, 5.74) is 6.72. The number of anilines is 3. The van der Waals surface area contributed by atoms with E-state index in [4.69, 9.17) is 9.73 Å². The van der Waals surface area contributed by atoms with Gasteiger partial charge in [0.25, 0.3) is 0 Å². The highest BCUT2D eigenvalue weighted by Gasteiger charge is 2.28. The van der Waals surface area contributed by atoms with Gasteiger partial charge in [0, 0.05) is 48.5 Å². The third kappa shape index (κ3) is 5.98. The molecule has 1 saturated heterocycles. The summed E-state index contributed by atoms with van der Waals surface area (Å²) in [4.78, 5) is 9.79. The minimum absolute atomic E-state index is 0.554. The summed E-state index contributed by atoms with van der Waals surface area (Å²) in [5.74, 6) is 1.71. The quantitative estimate of drug-likeness (QED) is 0.394. The first-order valence-corrected chi connectivity index (χ1v) is 14.2. The van der Waals surface area contributed by atoms with Crippen molar-refractivity contribution in [3.05, 3.63) is 77.8 Å². The second-order valence-electron chi connectivity index (χ2n) is 10.8. The molecule has 7 nitrogen and oxygen atoms in total. The van der Waals surface area contributed by atoms with Crippen molar-refractivity contribution in [1.29, 1.82) is 0 Å². The van der Waals surface area contributed by atoms with Crippen molar-refractivity contribution in [2.24, 2.45) is 4.99 Å². The highest BCUT2D eigenvalue weighted by Crippen LogP contribution is 2.36. The fourth-order valence-electron chi connectivity index (χ4n) is 5.27. The van der Waals surface area contributed by atoms with Gasteiger partial charge in [0.2, 0.25) is 0 Å². The molecule has 2 aromatic carbocycles. The Kier molecular flexibility index (Phi) is 7.98. The molecule has 3 aliphatic heterocycles. The van der Waals surface area contributed by atoms with E-state index in [1.165, 1.54) is 5.69 Å². The third-order valence-corrected chi connectivity index (χ3v) is 7.62. The molecule has 7 heteroatoms. The minimum atomic E-state index is -0.554. The molecule has 0 atom stereocenters. The van der Waals surface area contributed by atoms with E-state index in [2.05, 4.69) is 89.0 Å². The molecule has 0 aliphatic carbocycles. The van der Waals surface area contributed by atoms with Gasteiger partial charge in [-0.15, -0.1) is 0 Å². The number of unbranched alkanes of at least 4 members (excludes halogenated alkanes) is 1. The number of benzene rings is 2. The number of aliphatic imine (C=N–C) groups is 1. The molecule has 0 unspecified atom stereocenters. The summed E-state index contributed by atoms with van der Waals surface area (Å²) in [7, 11) is 0. The third-order valence-electron chi connectivity index (χ3n) is 7.62. The standard InChI is InChI=1S/C32H41N5O2/c1-5-7-8-28-31(34-25-10-12-26(13-11-25)36-19-15-32(4,38)16-20-36)35-30(23(3)37(28)18-6-2)24-9-14-29-27(22-24)33-17-21-39-29/h6,8-14,18,22,33,38H,5,7,15-17,19-21H2,1-4H3,(H,34,35)/b18-6-,28-8+. The number of nitrogens with zero attached hydrogens (tertiary/aromatic N) is 3. The van der Waals surface area contributed by atoms with E-state index in [9.17, 15) is 5.11 Å². The molecule has 39 heavy (non-hydrogen) atoms. The van der Waals surface area contributed by atoms with Crippen molar-refractivity contribution < 1.29 is 9.84 Å². The molecule has 0 spiro atoms. The summed E-state index contributed by atoms with van der Waals surface area (Å²) < 4.78 is 5.80. The van der Waals surface area contributed by atoms with Crippen molar-refractivity contribution >= 4 is 28.6 Å². The molecule has 0 radical (unpaired) electrons. The number of nitrogens with one attached hydrogen (secondary N) is 2. The van der Waals surface area contributed by atoms with Gasteiger partial charge < -0.3 is 30.3 Å². The summed E-state index contributed by atoms with van der Waals surface area (Å²) >= 11 is 0. The topological polar surface area (TPSA) is 72.4 Å². The molecule has 3 heterocycles. The van der Waals surface area contributed by atoms with Gasteiger partial charge in [0.15, 0.2) is 5.84 Å². The zero-order valence-electron chi connectivity index (χ0n) is 23.6. The van der Waals surface area contributed by atoms with Crippen LogP contribution in [0.15, 0.2) is 77.2 Å². The maximum atomic E-state index is 10.3. The van der Waals surface area contributed by atoms with Crippen molar-refractivity contribution in [3.63, 3.8) is 0 Å². The predicted molar refractivity (Wildman–Crippen MR) is 162 cm³/mol. The van der Waals surface area contributed by atoms with Crippen molar-refractivity contribution in [1.82, 2.24) is 4.90 Å². The highest BCUT2D eigenvalue weighted by molar-refractivity contribution is 6.11. The van der Waals surface area contributed by atoms with E-state index >= 15 is 0 Å². The number of rotatable bonds is 6. The number of hydrogen-bond acceptors (Lipinski definition) is 7. The highest BCUT2D eigenvalue weighted by atomic mass is 16.5. The Morgan fingerprint density at radius 3 is 2.64 bits per heavy atom. The van der Waals surface area contributed by atoms with Gasteiger partial charge >= 0.3 is 0 Å². The monoisotopic (exact) mass is 527 g/mol. The van der Waals surface area contributed by atoms with Crippen LogP contribution in [0, 0.1) is 0 Å². The first-order chi connectivity index (χ1) is 18.9. The first kappa shape index (κ1) is 26.9. The van der Waals surface area contributed by atoms with Crippen molar-refractivity contribution in [2.45, 2.75) is 59.0 Å². The fourth-order valence-corrected chi connectivity index (χ4v) is 5.27. The van der Waals surface area contributed by atoms with E-state index in [0.29, 0.717) is 6.61 Å². The van der Waals surface area contributed by atoms with Crippen LogP contribution in [0.4, 0.5) is 17.1 Å². The largest absolute Gasteiger partial charge is 0.490 e. The smallest absolute Gasteiger partial charge is 0.155 e. The summed E-state index contributed by atoms with van der Waals surface area (Å²) in [5, 5.41) is 17.4. The Morgan fingerprint density at radius 1 is 1.15 bits per heavy atom. The van der Waals surface area contributed by atoms with E-state index < -0.39 is 5.60 Å². The number of fused-ring (bicyclic) bond motifs is 1. The summed E-state index contributed by atoms with van der Waals surface area (Å²) in [6, 6.07) is 14.8. The molecule has 206 valence electrons. The van der Waals surface area contributed by atoms with Crippen LogP contribution in [0.5, 0.6) is 5.75 Å². The SMILES string of the molecule is C/C=C\N1C(C)=C(c2ccc3c(c2)NCCO3)N=C(Nc2ccc(N3CCC(C)(O)CC3)cc2)/C1=C\CCC. The molecular weight excluding hydrogens is 486 g/mol. The molecule has 3 N–H and O–H groups in total. The maximum Gasteiger partial charge on any atom is 0.155 e. The zero-order valence-corrected chi connectivity index (χ0v) is 23.6. The second kappa shape index (κ2) is 11.6. The van der Waals surface area contributed by atoms with Crippen LogP contribution in [0.1, 0.15) is 58.9 Å². The lowest BCUT2D eigenvalue weighted by molar-refractivity contribution is 0.0351. The van der Waals surface area contributed by atoms with Gasteiger partial charge in [-0.05, 0) is 82.5 Å². The Bertz CT molecular complexity index is 1300. The van der Waals surface area contributed by atoms with E-state index in [-0.39, 0.29) is 0 Å². The van der Waals surface area contributed by atoms with E-state index in [0.717, 1.165) is 90.9 Å². The Morgan fingerprint density at radius 2 is 1.92 bits per heavy atom. The number of amidine groups is 1. The van der Waals surface area contributed by atoms with Crippen LogP contribution in [-0.4, -0.2) is 47.7 Å². The van der Waals surface area contributed by atoms with Gasteiger partial charge in [-0.1, -0.05) is 25.5 Å². The van der Waals surface area contributed by atoms with Gasteiger partial charge in [-0.3, -0.25) is 0 Å². The van der Waals surface area contributed by atoms with Crippen LogP contribution < -0.4 is 20.3 Å². The maximum absolute atomic E-state index is 10.3. The predicted octanol–water partition coefficient (Wildman–Crippen LogP) is 6.57. The second-order valence-corrected chi connectivity index (χ2v) is 10.8.